The Kier molecular flexibility index (Phi) is 6.12. The second kappa shape index (κ2) is 8.14. The van der Waals surface area contributed by atoms with Gasteiger partial charge in [0.05, 0.1) is 17.8 Å². The number of halogens is 2. The minimum atomic E-state index is 0.422. The molecule has 2 aromatic rings. The predicted molar refractivity (Wildman–Crippen MR) is 111 cm³/mol. The van der Waals surface area contributed by atoms with Crippen LogP contribution in [0, 0.1) is 10.5 Å². The van der Waals surface area contributed by atoms with Gasteiger partial charge >= 0.3 is 0 Å². The van der Waals surface area contributed by atoms with Gasteiger partial charge in [0.15, 0.2) is 0 Å². The lowest BCUT2D eigenvalue weighted by molar-refractivity contribution is 0.374. The molecule has 5 heteroatoms. The van der Waals surface area contributed by atoms with Gasteiger partial charge in [0, 0.05) is 28.7 Å². The summed E-state index contributed by atoms with van der Waals surface area (Å²) in [4.78, 5) is 0. The van der Waals surface area contributed by atoms with E-state index in [0.29, 0.717) is 6.04 Å². The average Bonchev–Trinajstić information content (AvgIpc) is 2.58. The van der Waals surface area contributed by atoms with E-state index in [4.69, 9.17) is 21.1 Å². The van der Waals surface area contributed by atoms with Crippen LogP contribution < -0.4 is 14.8 Å². The van der Waals surface area contributed by atoms with Crippen molar-refractivity contribution in [3.63, 3.8) is 0 Å². The lowest BCUT2D eigenvalue weighted by Crippen LogP contribution is -2.34. The van der Waals surface area contributed by atoms with Crippen LogP contribution in [0.2, 0.25) is 5.02 Å². The minimum Gasteiger partial charge on any atom is -0.496 e. The molecule has 134 valence electrons. The topological polar surface area (TPSA) is 30.5 Å². The Morgan fingerprint density at radius 3 is 2.64 bits per heavy atom. The first-order valence-corrected chi connectivity index (χ1v) is 9.89. The standard InChI is InChI=1S/C20H23ClINO2/c1-12-6-13(8-14(21)7-12)11-23-15-4-5-16-17(9-15)19(24-2)10-18(22)20(16)25-3/h6-8,10,15,23H,4-5,9,11H2,1-3H3/t15-/m1/s1. The molecular weight excluding hydrogens is 449 g/mol. The Morgan fingerprint density at radius 2 is 1.96 bits per heavy atom. The fourth-order valence-corrected chi connectivity index (χ4v) is 4.75. The Balaban J connectivity index is 1.76. The van der Waals surface area contributed by atoms with Gasteiger partial charge in [0.2, 0.25) is 0 Å². The van der Waals surface area contributed by atoms with Crippen molar-refractivity contribution < 1.29 is 9.47 Å². The molecule has 1 atom stereocenters. The van der Waals surface area contributed by atoms with Crippen molar-refractivity contribution in [3.05, 3.63) is 55.1 Å². The SMILES string of the molecule is COc1cc(I)c(OC)c2c1C[C@H](NCc1cc(C)cc(Cl)c1)CC2. The Hall–Kier alpha value is -0.980. The van der Waals surface area contributed by atoms with E-state index >= 15 is 0 Å². The number of hydrogen-bond donors (Lipinski definition) is 1. The van der Waals surface area contributed by atoms with Crippen LogP contribution in [0.1, 0.15) is 28.7 Å². The van der Waals surface area contributed by atoms with Crippen molar-refractivity contribution in [2.75, 3.05) is 14.2 Å². The third-order valence-electron chi connectivity index (χ3n) is 4.72. The summed E-state index contributed by atoms with van der Waals surface area (Å²) in [5, 5.41) is 4.48. The van der Waals surface area contributed by atoms with Crippen molar-refractivity contribution in [1.29, 1.82) is 0 Å². The number of aryl methyl sites for hydroxylation is 1. The number of rotatable bonds is 5. The van der Waals surface area contributed by atoms with Crippen LogP contribution in [0.15, 0.2) is 24.3 Å². The molecule has 1 aliphatic rings. The van der Waals surface area contributed by atoms with Gasteiger partial charge in [-0.1, -0.05) is 17.7 Å². The molecule has 0 fully saturated rings. The summed E-state index contributed by atoms with van der Waals surface area (Å²) >= 11 is 8.49. The quantitative estimate of drug-likeness (QED) is 0.628. The molecular formula is C20H23ClINO2. The zero-order valence-corrected chi connectivity index (χ0v) is 17.7. The van der Waals surface area contributed by atoms with Crippen LogP contribution in [-0.2, 0) is 19.4 Å². The maximum Gasteiger partial charge on any atom is 0.135 e. The molecule has 0 aliphatic heterocycles. The molecule has 1 N–H and O–H groups in total. The van der Waals surface area contributed by atoms with Gasteiger partial charge in [-0.3, -0.25) is 0 Å². The molecule has 25 heavy (non-hydrogen) atoms. The number of fused-ring (bicyclic) bond motifs is 1. The maximum absolute atomic E-state index is 6.17. The molecule has 1 aliphatic carbocycles. The van der Waals surface area contributed by atoms with Crippen LogP contribution in [0.4, 0.5) is 0 Å². The maximum atomic E-state index is 6.17. The summed E-state index contributed by atoms with van der Waals surface area (Å²) in [6.45, 7) is 2.90. The third-order valence-corrected chi connectivity index (χ3v) is 5.74. The normalized spacial score (nSPS) is 16.4. The first-order chi connectivity index (χ1) is 12.0. The van der Waals surface area contributed by atoms with E-state index in [0.717, 1.165) is 45.9 Å². The van der Waals surface area contributed by atoms with E-state index in [1.54, 1.807) is 14.2 Å². The molecule has 0 saturated carbocycles. The molecule has 0 amide bonds. The van der Waals surface area contributed by atoms with Gasteiger partial charge in [-0.15, -0.1) is 0 Å². The number of ether oxygens (including phenoxy) is 2. The number of hydrogen-bond acceptors (Lipinski definition) is 3. The number of methoxy groups -OCH3 is 2. The zero-order valence-electron chi connectivity index (χ0n) is 14.8. The van der Waals surface area contributed by atoms with Crippen LogP contribution in [0.25, 0.3) is 0 Å². The van der Waals surface area contributed by atoms with E-state index in [1.807, 2.05) is 12.1 Å². The van der Waals surface area contributed by atoms with Crippen LogP contribution in [-0.4, -0.2) is 20.3 Å². The molecule has 3 nitrogen and oxygen atoms in total. The van der Waals surface area contributed by atoms with E-state index in [-0.39, 0.29) is 0 Å². The second-order valence-corrected chi connectivity index (χ2v) is 8.11. The van der Waals surface area contributed by atoms with Crippen molar-refractivity contribution >= 4 is 34.2 Å². The van der Waals surface area contributed by atoms with E-state index in [9.17, 15) is 0 Å². The molecule has 0 aromatic heterocycles. The van der Waals surface area contributed by atoms with Crippen LogP contribution in [0.5, 0.6) is 11.5 Å². The zero-order chi connectivity index (χ0) is 18.0. The monoisotopic (exact) mass is 471 g/mol. The van der Waals surface area contributed by atoms with E-state index < -0.39 is 0 Å². The molecule has 3 rings (SSSR count). The molecule has 0 unspecified atom stereocenters. The molecule has 0 bridgehead atoms. The van der Waals surface area contributed by atoms with Gasteiger partial charge in [-0.25, -0.2) is 0 Å². The fourth-order valence-electron chi connectivity index (χ4n) is 3.61. The Bertz CT molecular complexity index is 759. The molecule has 0 radical (unpaired) electrons. The lowest BCUT2D eigenvalue weighted by atomic mass is 9.86. The highest BCUT2D eigenvalue weighted by molar-refractivity contribution is 14.1. The van der Waals surface area contributed by atoms with Crippen LogP contribution in [0.3, 0.4) is 0 Å². The lowest BCUT2D eigenvalue weighted by Gasteiger charge is -2.29. The van der Waals surface area contributed by atoms with Gasteiger partial charge in [-0.05, 0) is 78.1 Å². The largest absolute Gasteiger partial charge is 0.496 e. The fraction of sp³-hybridized carbons (Fsp3) is 0.400. The smallest absolute Gasteiger partial charge is 0.135 e. The van der Waals surface area contributed by atoms with Gasteiger partial charge in [0.25, 0.3) is 0 Å². The van der Waals surface area contributed by atoms with Crippen LogP contribution >= 0.6 is 34.2 Å². The molecule has 2 aromatic carbocycles. The number of nitrogens with one attached hydrogen (secondary N) is 1. The van der Waals surface area contributed by atoms with Gasteiger partial charge < -0.3 is 14.8 Å². The predicted octanol–water partition coefficient (Wildman–Crippen LogP) is 4.92. The van der Waals surface area contributed by atoms with E-state index in [2.05, 4.69) is 47.0 Å². The number of benzene rings is 2. The highest BCUT2D eigenvalue weighted by Gasteiger charge is 2.26. The summed E-state index contributed by atoms with van der Waals surface area (Å²) < 4.78 is 12.4. The Morgan fingerprint density at radius 1 is 1.16 bits per heavy atom. The van der Waals surface area contributed by atoms with Gasteiger partial charge in [0.1, 0.15) is 11.5 Å². The summed E-state index contributed by atoms with van der Waals surface area (Å²) in [6, 6.07) is 8.69. The Labute approximate surface area is 168 Å². The molecule has 0 spiro atoms. The molecule has 0 heterocycles. The highest BCUT2D eigenvalue weighted by atomic mass is 127. The van der Waals surface area contributed by atoms with E-state index in [1.165, 1.54) is 22.3 Å². The first kappa shape index (κ1) is 18.8. The highest BCUT2D eigenvalue weighted by Crippen LogP contribution is 2.39. The van der Waals surface area contributed by atoms with Gasteiger partial charge in [-0.2, -0.15) is 0 Å². The average molecular weight is 472 g/mol. The minimum absolute atomic E-state index is 0.422. The van der Waals surface area contributed by atoms with Crippen molar-refractivity contribution in [2.45, 2.75) is 38.8 Å². The summed E-state index contributed by atoms with van der Waals surface area (Å²) in [6.07, 6.45) is 3.04. The summed E-state index contributed by atoms with van der Waals surface area (Å²) in [5.74, 6) is 1.96. The summed E-state index contributed by atoms with van der Waals surface area (Å²) in [7, 11) is 3.49. The van der Waals surface area contributed by atoms with Crippen molar-refractivity contribution in [1.82, 2.24) is 5.32 Å². The first-order valence-electron chi connectivity index (χ1n) is 8.43. The molecule has 0 saturated heterocycles. The second-order valence-electron chi connectivity index (χ2n) is 6.51. The van der Waals surface area contributed by atoms with Crippen molar-refractivity contribution in [3.8, 4) is 11.5 Å². The summed E-state index contributed by atoms with van der Waals surface area (Å²) in [5.41, 5.74) is 4.98. The van der Waals surface area contributed by atoms with Crippen molar-refractivity contribution in [2.24, 2.45) is 0 Å². The third kappa shape index (κ3) is 4.23.